The smallest absolute Gasteiger partial charge is 0.00884 e. The highest BCUT2D eigenvalue weighted by Crippen LogP contribution is 2.17. The third kappa shape index (κ3) is 4.52. The SMILES string of the molecule is CNC1CCN(C(C)CCC(C)C)CC1. The molecule has 15 heavy (non-hydrogen) atoms. The molecule has 0 aromatic heterocycles. The summed E-state index contributed by atoms with van der Waals surface area (Å²) in [5, 5.41) is 3.39. The monoisotopic (exact) mass is 212 g/mol. The van der Waals surface area contributed by atoms with Gasteiger partial charge in [0.2, 0.25) is 0 Å². The molecule has 1 aliphatic heterocycles. The Morgan fingerprint density at radius 1 is 1.13 bits per heavy atom. The number of nitrogens with one attached hydrogen (secondary N) is 1. The Morgan fingerprint density at radius 3 is 2.20 bits per heavy atom. The standard InChI is InChI=1S/C13H28N2/c1-11(2)5-6-12(3)15-9-7-13(14-4)8-10-15/h11-14H,5-10H2,1-4H3. The van der Waals surface area contributed by atoms with Gasteiger partial charge in [-0.2, -0.15) is 0 Å². The van der Waals surface area contributed by atoms with E-state index in [9.17, 15) is 0 Å². The average Bonchev–Trinajstić information content (AvgIpc) is 2.26. The zero-order valence-corrected chi connectivity index (χ0v) is 10.9. The van der Waals surface area contributed by atoms with Crippen molar-refractivity contribution in [3.63, 3.8) is 0 Å². The van der Waals surface area contributed by atoms with Gasteiger partial charge in [0.25, 0.3) is 0 Å². The topological polar surface area (TPSA) is 15.3 Å². The van der Waals surface area contributed by atoms with Crippen molar-refractivity contribution >= 4 is 0 Å². The zero-order valence-electron chi connectivity index (χ0n) is 10.9. The van der Waals surface area contributed by atoms with Crippen LogP contribution < -0.4 is 5.32 Å². The predicted molar refractivity (Wildman–Crippen MR) is 67.2 cm³/mol. The molecule has 0 saturated carbocycles. The number of hydrogen-bond acceptors (Lipinski definition) is 2. The Balaban J connectivity index is 2.20. The maximum Gasteiger partial charge on any atom is 0.00884 e. The lowest BCUT2D eigenvalue weighted by molar-refractivity contribution is 0.144. The average molecular weight is 212 g/mol. The maximum absolute atomic E-state index is 3.39. The molecule has 0 radical (unpaired) electrons. The van der Waals surface area contributed by atoms with Crippen LogP contribution in [0.15, 0.2) is 0 Å². The normalized spacial score (nSPS) is 22.2. The molecule has 0 aliphatic carbocycles. The van der Waals surface area contributed by atoms with Crippen LogP contribution in [-0.2, 0) is 0 Å². The summed E-state index contributed by atoms with van der Waals surface area (Å²) >= 11 is 0. The highest BCUT2D eigenvalue weighted by molar-refractivity contribution is 4.79. The van der Waals surface area contributed by atoms with E-state index < -0.39 is 0 Å². The van der Waals surface area contributed by atoms with Gasteiger partial charge in [0.15, 0.2) is 0 Å². The summed E-state index contributed by atoms with van der Waals surface area (Å²) in [6.45, 7) is 9.59. The molecule has 1 N–H and O–H groups in total. The van der Waals surface area contributed by atoms with Gasteiger partial charge in [-0.25, -0.2) is 0 Å². The van der Waals surface area contributed by atoms with Crippen LogP contribution in [0.3, 0.4) is 0 Å². The fourth-order valence-electron chi connectivity index (χ4n) is 2.39. The van der Waals surface area contributed by atoms with E-state index in [1.807, 2.05) is 0 Å². The first-order valence-electron chi connectivity index (χ1n) is 6.54. The van der Waals surface area contributed by atoms with Crippen molar-refractivity contribution < 1.29 is 0 Å². The van der Waals surface area contributed by atoms with E-state index in [1.165, 1.54) is 38.8 Å². The molecule has 1 saturated heterocycles. The van der Waals surface area contributed by atoms with E-state index in [1.54, 1.807) is 0 Å². The lowest BCUT2D eigenvalue weighted by atomic mass is 9.99. The molecule has 1 fully saturated rings. The Bertz CT molecular complexity index is 160. The molecule has 1 rings (SSSR count). The molecule has 0 amide bonds. The van der Waals surface area contributed by atoms with Crippen LogP contribution in [0, 0.1) is 5.92 Å². The second-order valence-corrected chi connectivity index (χ2v) is 5.42. The number of rotatable bonds is 5. The third-order valence-corrected chi connectivity index (χ3v) is 3.72. The van der Waals surface area contributed by atoms with Crippen molar-refractivity contribution in [3.8, 4) is 0 Å². The lowest BCUT2D eigenvalue weighted by Gasteiger charge is -2.36. The highest BCUT2D eigenvalue weighted by atomic mass is 15.2. The first-order valence-corrected chi connectivity index (χ1v) is 6.54. The molecule has 0 aromatic carbocycles. The van der Waals surface area contributed by atoms with Crippen LogP contribution in [0.1, 0.15) is 46.5 Å². The second kappa shape index (κ2) is 6.49. The quantitative estimate of drug-likeness (QED) is 0.753. The van der Waals surface area contributed by atoms with Gasteiger partial charge in [-0.15, -0.1) is 0 Å². The van der Waals surface area contributed by atoms with Crippen LogP contribution in [-0.4, -0.2) is 37.1 Å². The van der Waals surface area contributed by atoms with Gasteiger partial charge in [-0.05, 0) is 58.7 Å². The van der Waals surface area contributed by atoms with E-state index in [2.05, 4.69) is 38.0 Å². The minimum absolute atomic E-state index is 0.763. The molecule has 0 bridgehead atoms. The molecule has 2 heteroatoms. The molecular formula is C13H28N2. The van der Waals surface area contributed by atoms with Crippen molar-refractivity contribution in [2.45, 2.75) is 58.5 Å². The van der Waals surface area contributed by atoms with Crippen molar-refractivity contribution in [1.82, 2.24) is 10.2 Å². The van der Waals surface area contributed by atoms with E-state index in [-0.39, 0.29) is 0 Å². The van der Waals surface area contributed by atoms with E-state index in [0.29, 0.717) is 0 Å². The Hall–Kier alpha value is -0.0800. The van der Waals surface area contributed by atoms with Crippen LogP contribution in [0.2, 0.25) is 0 Å². The Kier molecular flexibility index (Phi) is 5.62. The molecule has 90 valence electrons. The first-order chi connectivity index (χ1) is 7.13. The lowest BCUT2D eigenvalue weighted by Crippen LogP contribution is -2.45. The summed E-state index contributed by atoms with van der Waals surface area (Å²) in [5.74, 6) is 0.849. The summed E-state index contributed by atoms with van der Waals surface area (Å²) in [6, 6.07) is 1.55. The van der Waals surface area contributed by atoms with Gasteiger partial charge >= 0.3 is 0 Å². The van der Waals surface area contributed by atoms with E-state index in [4.69, 9.17) is 0 Å². The van der Waals surface area contributed by atoms with Crippen molar-refractivity contribution in [2.24, 2.45) is 5.92 Å². The minimum atomic E-state index is 0.763. The molecular weight excluding hydrogens is 184 g/mol. The molecule has 1 aliphatic rings. The molecule has 1 unspecified atom stereocenters. The number of likely N-dealkylation sites (tertiary alicyclic amines) is 1. The van der Waals surface area contributed by atoms with Crippen LogP contribution in [0.4, 0.5) is 0 Å². The number of piperidine rings is 1. The second-order valence-electron chi connectivity index (χ2n) is 5.42. The van der Waals surface area contributed by atoms with Gasteiger partial charge < -0.3 is 10.2 Å². The molecule has 1 atom stereocenters. The first kappa shape index (κ1) is 13.0. The summed E-state index contributed by atoms with van der Waals surface area (Å²) in [7, 11) is 2.09. The Morgan fingerprint density at radius 2 is 1.73 bits per heavy atom. The van der Waals surface area contributed by atoms with Gasteiger partial charge in [0.1, 0.15) is 0 Å². The molecule has 0 spiro atoms. The largest absolute Gasteiger partial charge is 0.317 e. The summed E-state index contributed by atoms with van der Waals surface area (Å²) < 4.78 is 0. The molecule has 2 nitrogen and oxygen atoms in total. The number of hydrogen-bond donors (Lipinski definition) is 1. The Labute approximate surface area is 95.4 Å². The van der Waals surface area contributed by atoms with Crippen molar-refractivity contribution in [2.75, 3.05) is 20.1 Å². The van der Waals surface area contributed by atoms with Gasteiger partial charge in [0, 0.05) is 12.1 Å². The fourth-order valence-corrected chi connectivity index (χ4v) is 2.39. The minimum Gasteiger partial charge on any atom is -0.317 e. The van der Waals surface area contributed by atoms with Crippen LogP contribution >= 0.6 is 0 Å². The zero-order chi connectivity index (χ0) is 11.3. The van der Waals surface area contributed by atoms with Crippen molar-refractivity contribution in [3.05, 3.63) is 0 Å². The third-order valence-electron chi connectivity index (χ3n) is 3.72. The van der Waals surface area contributed by atoms with Gasteiger partial charge in [-0.3, -0.25) is 0 Å². The number of nitrogens with zero attached hydrogens (tertiary/aromatic N) is 1. The highest BCUT2D eigenvalue weighted by Gasteiger charge is 2.21. The van der Waals surface area contributed by atoms with E-state index in [0.717, 1.165) is 18.0 Å². The molecule has 0 aromatic rings. The molecule has 1 heterocycles. The summed E-state index contributed by atoms with van der Waals surface area (Å²) in [5.41, 5.74) is 0. The summed E-state index contributed by atoms with van der Waals surface area (Å²) in [4.78, 5) is 2.66. The van der Waals surface area contributed by atoms with Gasteiger partial charge in [0.05, 0.1) is 0 Å². The van der Waals surface area contributed by atoms with Crippen LogP contribution in [0.5, 0.6) is 0 Å². The summed E-state index contributed by atoms with van der Waals surface area (Å²) in [6.07, 6.45) is 5.38. The van der Waals surface area contributed by atoms with Crippen molar-refractivity contribution in [1.29, 1.82) is 0 Å². The fraction of sp³-hybridized carbons (Fsp3) is 1.00. The maximum atomic E-state index is 3.39. The van der Waals surface area contributed by atoms with Gasteiger partial charge in [-0.1, -0.05) is 13.8 Å². The van der Waals surface area contributed by atoms with Crippen LogP contribution in [0.25, 0.3) is 0 Å². The van der Waals surface area contributed by atoms with E-state index >= 15 is 0 Å². The predicted octanol–water partition coefficient (Wildman–Crippen LogP) is 2.49.